The van der Waals surface area contributed by atoms with E-state index in [2.05, 4.69) is 20.3 Å². The second-order valence-electron chi connectivity index (χ2n) is 7.61. The first-order valence-corrected chi connectivity index (χ1v) is 11.9. The van der Waals surface area contributed by atoms with Crippen molar-refractivity contribution in [1.82, 2.24) is 19.5 Å². The predicted octanol–water partition coefficient (Wildman–Crippen LogP) is 0.0781. The number of ether oxygens (including phenoxy) is 1. The zero-order chi connectivity index (χ0) is 22.4. The average molecular weight is 460 g/mol. The van der Waals surface area contributed by atoms with E-state index in [-0.39, 0.29) is 5.75 Å². The zero-order valence-corrected chi connectivity index (χ0v) is 17.9. The highest BCUT2D eigenvalue weighted by Crippen LogP contribution is 2.32. The van der Waals surface area contributed by atoms with Crippen molar-refractivity contribution in [1.29, 1.82) is 0 Å². The van der Waals surface area contributed by atoms with Crippen LogP contribution in [0.3, 0.4) is 0 Å². The molecule has 12 nitrogen and oxygen atoms in total. The Morgan fingerprint density at radius 1 is 1.03 bits per heavy atom. The van der Waals surface area contributed by atoms with Crippen LogP contribution in [0, 0.1) is 0 Å². The Morgan fingerprint density at radius 3 is 2.42 bits per heavy atom. The number of hydrogen-bond donors (Lipinski definition) is 5. The van der Waals surface area contributed by atoms with Crippen LogP contribution in [0.2, 0.25) is 0 Å². The Balaban J connectivity index is 1.48. The predicted molar refractivity (Wildman–Crippen MR) is 111 cm³/mol. The first-order chi connectivity index (χ1) is 14.8. The summed E-state index contributed by atoms with van der Waals surface area (Å²) in [7, 11) is -3.86. The summed E-state index contributed by atoms with van der Waals surface area (Å²) >= 11 is 0. The van der Waals surface area contributed by atoms with Gasteiger partial charge in [-0.25, -0.2) is 15.0 Å². The normalized spacial score (nSPS) is 24.1. The lowest BCUT2D eigenvalue weighted by molar-refractivity contribution is -0.0511. The third-order valence-corrected chi connectivity index (χ3v) is 6.08. The minimum absolute atomic E-state index is 0.187. The van der Waals surface area contributed by atoms with Gasteiger partial charge in [-0.3, -0.25) is 9.12 Å². The summed E-state index contributed by atoms with van der Waals surface area (Å²) in [6, 6.07) is 0. The van der Waals surface area contributed by atoms with Crippen molar-refractivity contribution in [2.24, 2.45) is 0 Å². The zero-order valence-electron chi connectivity index (χ0n) is 17.0. The van der Waals surface area contributed by atoms with E-state index in [0.29, 0.717) is 29.9 Å². The summed E-state index contributed by atoms with van der Waals surface area (Å²) < 4.78 is 37.1. The molecule has 0 bridgehead atoms. The molecule has 174 valence electrons. The van der Waals surface area contributed by atoms with Crippen LogP contribution >= 0.6 is 0 Å². The van der Waals surface area contributed by atoms with Crippen LogP contribution in [0.15, 0.2) is 12.7 Å². The highest BCUT2D eigenvalue weighted by Gasteiger charge is 2.44. The van der Waals surface area contributed by atoms with Crippen LogP contribution in [-0.2, 0) is 14.9 Å². The van der Waals surface area contributed by atoms with Gasteiger partial charge in [0.1, 0.15) is 24.6 Å². The number of aliphatic hydroxyl groups is 3. The van der Waals surface area contributed by atoms with E-state index < -0.39 is 41.3 Å². The smallest absolute Gasteiger partial charge is 0.264 e. The fourth-order valence-corrected chi connectivity index (χ4v) is 4.17. The number of rotatable bonds is 12. The van der Waals surface area contributed by atoms with Crippen LogP contribution in [0.4, 0.5) is 5.82 Å². The Kier molecular flexibility index (Phi) is 8.13. The maximum atomic E-state index is 10.7. The Bertz CT molecular complexity index is 954. The largest absolute Gasteiger partial charge is 0.394 e. The van der Waals surface area contributed by atoms with E-state index in [1.165, 1.54) is 17.2 Å². The van der Waals surface area contributed by atoms with Gasteiger partial charge in [-0.1, -0.05) is 25.7 Å². The van der Waals surface area contributed by atoms with Gasteiger partial charge in [-0.15, -0.1) is 0 Å². The number of nitrogens with one attached hydrogen (secondary N) is 1. The molecule has 3 heterocycles. The van der Waals surface area contributed by atoms with E-state index in [4.69, 9.17) is 9.29 Å². The Hall–Kier alpha value is -1.90. The molecule has 0 aliphatic carbocycles. The molecule has 1 aliphatic heterocycles. The molecule has 0 aromatic carbocycles. The molecule has 3 rings (SSSR count). The third-order valence-electron chi connectivity index (χ3n) is 5.27. The molecule has 1 aliphatic rings. The van der Waals surface area contributed by atoms with Crippen LogP contribution < -0.4 is 5.32 Å². The molecule has 13 heteroatoms. The van der Waals surface area contributed by atoms with E-state index in [9.17, 15) is 23.7 Å². The third kappa shape index (κ3) is 6.08. The van der Waals surface area contributed by atoms with E-state index in [1.54, 1.807) is 0 Å². The monoisotopic (exact) mass is 459 g/mol. The molecule has 2 aromatic heterocycles. The number of unbranched alkanes of at least 4 members (excludes halogenated alkanes) is 5. The molecule has 5 N–H and O–H groups in total. The summed E-state index contributed by atoms with van der Waals surface area (Å²) in [5.74, 6) is 0.358. The number of aromatic nitrogens is 4. The molecular weight excluding hydrogens is 430 g/mol. The fraction of sp³-hybridized carbons (Fsp3) is 0.722. The molecule has 2 aromatic rings. The van der Waals surface area contributed by atoms with Gasteiger partial charge in [0, 0.05) is 6.54 Å². The minimum atomic E-state index is -3.86. The van der Waals surface area contributed by atoms with E-state index in [1.807, 2.05) is 0 Å². The van der Waals surface area contributed by atoms with Gasteiger partial charge in [-0.2, -0.15) is 8.42 Å². The second-order valence-corrected chi connectivity index (χ2v) is 9.18. The van der Waals surface area contributed by atoms with Crippen LogP contribution in [0.5, 0.6) is 0 Å². The van der Waals surface area contributed by atoms with Crippen molar-refractivity contribution in [3.8, 4) is 0 Å². The van der Waals surface area contributed by atoms with Gasteiger partial charge in [0.25, 0.3) is 10.1 Å². The first-order valence-electron chi connectivity index (χ1n) is 10.3. The van der Waals surface area contributed by atoms with Crippen molar-refractivity contribution in [3.05, 3.63) is 12.7 Å². The van der Waals surface area contributed by atoms with Crippen molar-refractivity contribution < 1.29 is 33.0 Å². The van der Waals surface area contributed by atoms with Gasteiger partial charge < -0.3 is 25.4 Å². The molecule has 0 amide bonds. The fourth-order valence-electron chi connectivity index (χ4n) is 3.60. The van der Waals surface area contributed by atoms with E-state index >= 15 is 0 Å². The van der Waals surface area contributed by atoms with Gasteiger partial charge in [0.2, 0.25) is 0 Å². The summed E-state index contributed by atoms with van der Waals surface area (Å²) in [5.41, 5.74) is 0.941. The number of hydrogen-bond acceptors (Lipinski definition) is 10. The first kappa shape index (κ1) is 23.8. The quantitative estimate of drug-likeness (QED) is 0.214. The highest BCUT2D eigenvalue weighted by molar-refractivity contribution is 7.85. The average Bonchev–Trinajstić information content (AvgIpc) is 3.27. The maximum absolute atomic E-state index is 10.7. The van der Waals surface area contributed by atoms with Gasteiger partial charge in [-0.05, 0) is 12.8 Å². The summed E-state index contributed by atoms with van der Waals surface area (Å²) in [5, 5.41) is 32.7. The molecule has 31 heavy (non-hydrogen) atoms. The standard InChI is InChI=1S/C18H29N5O7S/c24-9-12-14(25)15(26)18(30-12)23-11-22-13-16(20-10-21-17(13)23)19-7-5-3-1-2-4-6-8-31(27,28)29/h10-12,14-15,18,24-26H,1-9H2,(H,19,20,21)(H,27,28,29). The Labute approximate surface area is 180 Å². The summed E-state index contributed by atoms with van der Waals surface area (Å²) in [4.78, 5) is 12.7. The SMILES string of the molecule is O=S(=O)(O)CCCCCCCCNc1ncnc2c1ncn2C1OC(CO)C(O)C1O. The molecule has 4 unspecified atom stereocenters. The lowest BCUT2D eigenvalue weighted by Gasteiger charge is -2.16. The molecule has 0 radical (unpaired) electrons. The Morgan fingerprint density at radius 2 is 1.74 bits per heavy atom. The molecule has 4 atom stereocenters. The van der Waals surface area contributed by atoms with Crippen LogP contribution in [-0.4, -0.2) is 85.0 Å². The van der Waals surface area contributed by atoms with Crippen molar-refractivity contribution in [3.63, 3.8) is 0 Å². The van der Waals surface area contributed by atoms with Gasteiger partial charge in [0.15, 0.2) is 23.2 Å². The van der Waals surface area contributed by atoms with Crippen molar-refractivity contribution in [2.45, 2.75) is 63.1 Å². The van der Waals surface area contributed by atoms with Crippen LogP contribution in [0.25, 0.3) is 11.2 Å². The van der Waals surface area contributed by atoms with Crippen molar-refractivity contribution >= 4 is 27.1 Å². The van der Waals surface area contributed by atoms with Crippen molar-refractivity contribution in [2.75, 3.05) is 24.2 Å². The number of nitrogens with zero attached hydrogens (tertiary/aromatic N) is 4. The lowest BCUT2D eigenvalue weighted by Crippen LogP contribution is -2.33. The molecule has 1 fully saturated rings. The molecule has 0 saturated carbocycles. The lowest BCUT2D eigenvalue weighted by atomic mass is 10.1. The number of fused-ring (bicyclic) bond motifs is 1. The molecule has 1 saturated heterocycles. The minimum Gasteiger partial charge on any atom is -0.394 e. The maximum Gasteiger partial charge on any atom is 0.264 e. The summed E-state index contributed by atoms with van der Waals surface area (Å²) in [6.07, 6.45) is 3.55. The van der Waals surface area contributed by atoms with Crippen LogP contribution in [0.1, 0.15) is 44.8 Å². The van der Waals surface area contributed by atoms with Gasteiger partial charge >= 0.3 is 0 Å². The van der Waals surface area contributed by atoms with Gasteiger partial charge in [0.05, 0.1) is 18.7 Å². The molecule has 0 spiro atoms. The molecular formula is C18H29N5O7S. The number of anilines is 1. The summed E-state index contributed by atoms with van der Waals surface area (Å²) in [6.45, 7) is 0.252. The number of imidazole rings is 1. The highest BCUT2D eigenvalue weighted by atomic mass is 32.2. The van der Waals surface area contributed by atoms with E-state index in [0.717, 1.165) is 32.1 Å². The second kappa shape index (κ2) is 10.6. The number of aliphatic hydroxyl groups excluding tert-OH is 3. The topological polar surface area (TPSA) is 180 Å².